The van der Waals surface area contributed by atoms with Crippen LogP contribution >= 0.6 is 11.6 Å². The molecule has 0 spiro atoms. The molecule has 0 saturated carbocycles. The molecule has 2 aromatic rings. The maximum Gasteiger partial charge on any atom is 0.344 e. The van der Waals surface area contributed by atoms with E-state index in [1.165, 1.54) is 0 Å². The lowest BCUT2D eigenvalue weighted by atomic mass is 10.3. The molecule has 0 radical (unpaired) electrons. The second kappa shape index (κ2) is 8.24. The SMILES string of the molecule is CCOc1ccccc1OCC(=O)OCc1ccc(Cl)nc1. The Kier molecular flexibility index (Phi) is 6.03. The monoisotopic (exact) mass is 321 g/mol. The first-order valence-electron chi connectivity index (χ1n) is 6.79. The third kappa shape index (κ3) is 4.93. The number of halogens is 1. The number of hydrogen-bond donors (Lipinski definition) is 0. The lowest BCUT2D eigenvalue weighted by Gasteiger charge is -2.11. The fourth-order valence-corrected chi connectivity index (χ4v) is 1.79. The predicted octanol–water partition coefficient (Wildman–Crippen LogP) is 3.26. The van der Waals surface area contributed by atoms with Crippen LogP contribution in [-0.4, -0.2) is 24.2 Å². The van der Waals surface area contributed by atoms with Crippen LogP contribution < -0.4 is 9.47 Å². The third-order valence-electron chi connectivity index (χ3n) is 2.68. The second-order valence-corrected chi connectivity index (χ2v) is 4.71. The number of para-hydroxylation sites is 2. The molecule has 0 atom stereocenters. The largest absolute Gasteiger partial charge is 0.490 e. The molecule has 0 aliphatic rings. The molecule has 0 amide bonds. The first-order valence-corrected chi connectivity index (χ1v) is 7.17. The molecule has 0 fully saturated rings. The highest BCUT2D eigenvalue weighted by atomic mass is 35.5. The zero-order valence-electron chi connectivity index (χ0n) is 12.1. The van der Waals surface area contributed by atoms with E-state index < -0.39 is 5.97 Å². The molecule has 0 unspecified atom stereocenters. The van der Waals surface area contributed by atoms with E-state index in [1.54, 1.807) is 30.5 Å². The first kappa shape index (κ1) is 16.1. The zero-order valence-corrected chi connectivity index (χ0v) is 12.9. The number of carbonyl (C=O) groups excluding carboxylic acids is 1. The van der Waals surface area contributed by atoms with Crippen molar-refractivity contribution in [2.75, 3.05) is 13.2 Å². The number of aromatic nitrogens is 1. The van der Waals surface area contributed by atoms with Gasteiger partial charge in [0.1, 0.15) is 11.8 Å². The number of rotatable bonds is 7. The maximum absolute atomic E-state index is 11.7. The zero-order chi connectivity index (χ0) is 15.8. The summed E-state index contributed by atoms with van der Waals surface area (Å²) >= 11 is 5.68. The minimum absolute atomic E-state index is 0.124. The van der Waals surface area contributed by atoms with Gasteiger partial charge in [0.25, 0.3) is 0 Å². The van der Waals surface area contributed by atoms with Crippen LogP contribution in [0.15, 0.2) is 42.6 Å². The summed E-state index contributed by atoms with van der Waals surface area (Å²) in [7, 11) is 0. The normalized spacial score (nSPS) is 10.1. The van der Waals surface area contributed by atoms with Gasteiger partial charge in [0, 0.05) is 11.8 Å². The van der Waals surface area contributed by atoms with Crippen LogP contribution in [0.2, 0.25) is 5.15 Å². The molecule has 22 heavy (non-hydrogen) atoms. The average Bonchev–Trinajstić information content (AvgIpc) is 2.54. The second-order valence-electron chi connectivity index (χ2n) is 4.32. The molecule has 116 valence electrons. The van der Waals surface area contributed by atoms with Crippen LogP contribution in [0, 0.1) is 0 Å². The van der Waals surface area contributed by atoms with Gasteiger partial charge in [-0.2, -0.15) is 0 Å². The van der Waals surface area contributed by atoms with E-state index >= 15 is 0 Å². The van der Waals surface area contributed by atoms with Crippen molar-refractivity contribution in [3.63, 3.8) is 0 Å². The number of pyridine rings is 1. The summed E-state index contributed by atoms with van der Waals surface area (Å²) in [6.45, 7) is 2.34. The Morgan fingerprint density at radius 3 is 2.50 bits per heavy atom. The highest BCUT2D eigenvalue weighted by molar-refractivity contribution is 6.29. The van der Waals surface area contributed by atoms with Gasteiger partial charge in [-0.25, -0.2) is 9.78 Å². The van der Waals surface area contributed by atoms with Crippen LogP contribution in [0.1, 0.15) is 12.5 Å². The minimum atomic E-state index is -0.471. The standard InChI is InChI=1S/C16H16ClNO4/c1-2-20-13-5-3-4-6-14(13)21-11-16(19)22-10-12-7-8-15(17)18-9-12/h3-9H,2,10-11H2,1H3. The summed E-state index contributed by atoms with van der Waals surface area (Å²) in [5.74, 6) is 0.635. The van der Waals surface area contributed by atoms with Gasteiger partial charge in [-0.1, -0.05) is 29.8 Å². The van der Waals surface area contributed by atoms with Crippen molar-refractivity contribution in [1.82, 2.24) is 4.98 Å². The Labute approximate surface area is 133 Å². The van der Waals surface area contributed by atoms with Gasteiger partial charge in [0.15, 0.2) is 18.1 Å². The molecule has 2 rings (SSSR count). The topological polar surface area (TPSA) is 57.7 Å². The quantitative estimate of drug-likeness (QED) is 0.578. The Hall–Kier alpha value is -2.27. The number of hydrogen-bond acceptors (Lipinski definition) is 5. The molecule has 1 aromatic heterocycles. The van der Waals surface area contributed by atoms with E-state index in [0.717, 1.165) is 5.56 Å². The van der Waals surface area contributed by atoms with Crippen LogP contribution in [0.3, 0.4) is 0 Å². The number of ether oxygens (including phenoxy) is 3. The Morgan fingerprint density at radius 1 is 1.14 bits per heavy atom. The Bertz CT molecular complexity index is 616. The lowest BCUT2D eigenvalue weighted by Crippen LogP contribution is -2.15. The molecule has 1 heterocycles. The number of esters is 1. The van der Waals surface area contributed by atoms with Crippen LogP contribution in [0.25, 0.3) is 0 Å². The molecule has 0 saturated heterocycles. The molecule has 5 nitrogen and oxygen atoms in total. The van der Waals surface area contributed by atoms with Crippen molar-refractivity contribution in [3.05, 3.63) is 53.3 Å². The van der Waals surface area contributed by atoms with Gasteiger partial charge in [0.05, 0.1) is 6.61 Å². The van der Waals surface area contributed by atoms with Crippen molar-refractivity contribution in [2.24, 2.45) is 0 Å². The van der Waals surface area contributed by atoms with Gasteiger partial charge >= 0.3 is 5.97 Å². The number of carbonyl (C=O) groups is 1. The fourth-order valence-electron chi connectivity index (χ4n) is 1.68. The minimum Gasteiger partial charge on any atom is -0.490 e. The average molecular weight is 322 g/mol. The molecule has 1 aromatic carbocycles. The highest BCUT2D eigenvalue weighted by Crippen LogP contribution is 2.26. The summed E-state index contributed by atoms with van der Waals surface area (Å²) in [4.78, 5) is 15.6. The molecular weight excluding hydrogens is 306 g/mol. The third-order valence-corrected chi connectivity index (χ3v) is 2.91. The molecule has 0 aliphatic heterocycles. The summed E-state index contributed by atoms with van der Waals surface area (Å²) in [6, 6.07) is 10.5. The lowest BCUT2D eigenvalue weighted by molar-refractivity contribution is -0.147. The van der Waals surface area contributed by atoms with Crippen molar-refractivity contribution in [2.45, 2.75) is 13.5 Å². The number of nitrogens with zero attached hydrogens (tertiary/aromatic N) is 1. The van der Waals surface area contributed by atoms with Crippen molar-refractivity contribution >= 4 is 17.6 Å². The molecule has 0 bridgehead atoms. The smallest absolute Gasteiger partial charge is 0.344 e. The number of benzene rings is 1. The summed E-state index contributed by atoms with van der Waals surface area (Å²) in [5.41, 5.74) is 0.757. The Morgan fingerprint density at radius 2 is 1.86 bits per heavy atom. The first-order chi connectivity index (χ1) is 10.7. The van der Waals surface area contributed by atoms with Crippen LogP contribution in [0.5, 0.6) is 11.5 Å². The van der Waals surface area contributed by atoms with Crippen LogP contribution in [-0.2, 0) is 16.1 Å². The summed E-state index contributed by atoms with van der Waals surface area (Å²) < 4.78 is 15.9. The van der Waals surface area contributed by atoms with Crippen molar-refractivity contribution in [3.8, 4) is 11.5 Å². The van der Waals surface area contributed by atoms with E-state index in [9.17, 15) is 4.79 Å². The van der Waals surface area contributed by atoms with E-state index in [4.69, 9.17) is 25.8 Å². The van der Waals surface area contributed by atoms with E-state index in [1.807, 2.05) is 19.1 Å². The summed E-state index contributed by atoms with van der Waals surface area (Å²) in [6.07, 6.45) is 1.56. The van der Waals surface area contributed by atoms with Crippen LogP contribution in [0.4, 0.5) is 0 Å². The highest BCUT2D eigenvalue weighted by Gasteiger charge is 2.08. The van der Waals surface area contributed by atoms with Crippen molar-refractivity contribution in [1.29, 1.82) is 0 Å². The fraction of sp³-hybridized carbons (Fsp3) is 0.250. The van der Waals surface area contributed by atoms with Gasteiger partial charge in [-0.15, -0.1) is 0 Å². The predicted molar refractivity (Wildman–Crippen MR) is 82.1 cm³/mol. The van der Waals surface area contributed by atoms with E-state index in [0.29, 0.717) is 23.3 Å². The van der Waals surface area contributed by atoms with E-state index in [2.05, 4.69) is 4.98 Å². The Balaban J connectivity index is 1.81. The van der Waals surface area contributed by atoms with E-state index in [-0.39, 0.29) is 13.2 Å². The van der Waals surface area contributed by atoms with Crippen molar-refractivity contribution < 1.29 is 19.0 Å². The van der Waals surface area contributed by atoms with Gasteiger partial charge < -0.3 is 14.2 Å². The molecule has 6 heteroatoms. The summed E-state index contributed by atoms with van der Waals surface area (Å²) in [5, 5.41) is 0.394. The maximum atomic E-state index is 11.7. The molecule has 0 aliphatic carbocycles. The van der Waals surface area contributed by atoms with Gasteiger partial charge in [-0.3, -0.25) is 0 Å². The molecule has 0 N–H and O–H groups in total. The molecular formula is C16H16ClNO4. The van der Waals surface area contributed by atoms with Gasteiger partial charge in [0.2, 0.25) is 0 Å². The van der Waals surface area contributed by atoms with Gasteiger partial charge in [-0.05, 0) is 25.1 Å².